The first kappa shape index (κ1) is 20.4. The van der Waals surface area contributed by atoms with Gasteiger partial charge in [0.2, 0.25) is 5.43 Å². The minimum atomic E-state index is -0.584. The molecule has 0 saturated heterocycles. The lowest BCUT2D eigenvalue weighted by atomic mass is 10.1. The van der Waals surface area contributed by atoms with Crippen LogP contribution in [0, 0.1) is 6.92 Å². The Hall–Kier alpha value is -2.93. The fourth-order valence-corrected chi connectivity index (χ4v) is 2.73. The number of rotatable bonds is 9. The van der Waals surface area contributed by atoms with Gasteiger partial charge in [-0.05, 0) is 18.9 Å². The lowest BCUT2D eigenvalue weighted by Crippen LogP contribution is -2.20. The van der Waals surface area contributed by atoms with Crippen LogP contribution < -0.4 is 11.2 Å². The number of ether oxygens (including phenoxy) is 1. The first-order valence-electron chi connectivity index (χ1n) is 8.76. The lowest BCUT2D eigenvalue weighted by Gasteiger charge is -2.18. The molecular formula is C20H24N2O5. The molecule has 27 heavy (non-hydrogen) atoms. The van der Waals surface area contributed by atoms with Crippen molar-refractivity contribution in [2.45, 2.75) is 39.3 Å². The van der Waals surface area contributed by atoms with E-state index in [1.165, 1.54) is 6.07 Å². The van der Waals surface area contributed by atoms with Gasteiger partial charge in [-0.3, -0.25) is 14.4 Å². The molecule has 0 unspecified atom stereocenters. The van der Waals surface area contributed by atoms with Crippen LogP contribution in [0.25, 0.3) is 0 Å². The molecule has 0 bridgehead atoms. The number of hydrogen-bond acceptors (Lipinski definition) is 6. The summed E-state index contributed by atoms with van der Waals surface area (Å²) in [7, 11) is 0. The van der Waals surface area contributed by atoms with E-state index in [-0.39, 0.29) is 37.5 Å². The average molecular weight is 372 g/mol. The lowest BCUT2D eigenvalue weighted by molar-refractivity contribution is -0.146. The van der Waals surface area contributed by atoms with Gasteiger partial charge in [-0.1, -0.05) is 30.3 Å². The zero-order valence-electron chi connectivity index (χ0n) is 15.3. The predicted octanol–water partition coefficient (Wildman–Crippen LogP) is 1.46. The summed E-state index contributed by atoms with van der Waals surface area (Å²) >= 11 is 0. The van der Waals surface area contributed by atoms with E-state index in [9.17, 15) is 19.5 Å². The van der Waals surface area contributed by atoms with E-state index in [1.807, 2.05) is 30.3 Å². The highest BCUT2D eigenvalue weighted by atomic mass is 16.5. The number of Topliss-reactive ketones (excluding diaryl/α,β-unsaturated/α-hetero) is 1. The van der Waals surface area contributed by atoms with Gasteiger partial charge in [-0.2, -0.15) is 0 Å². The number of carbonyl (C=O) groups excluding carboxylic acids is 2. The van der Waals surface area contributed by atoms with Crippen molar-refractivity contribution in [3.63, 3.8) is 0 Å². The van der Waals surface area contributed by atoms with Gasteiger partial charge in [0.05, 0.1) is 13.0 Å². The number of aryl methyl sites for hydroxylation is 2. The number of ketones is 1. The number of nitrogens with zero attached hydrogens (tertiary/aromatic N) is 1. The van der Waals surface area contributed by atoms with Gasteiger partial charge in [-0.25, -0.2) is 0 Å². The SMILES string of the molecule is Cc1cc(=O)c(O)c(COC(=O)CCC(=O)CN)n1CCc1ccccc1. The van der Waals surface area contributed by atoms with Crippen LogP contribution >= 0.6 is 0 Å². The van der Waals surface area contributed by atoms with E-state index in [0.717, 1.165) is 5.56 Å². The van der Waals surface area contributed by atoms with Crippen LogP contribution in [-0.2, 0) is 33.9 Å². The molecule has 0 aliphatic carbocycles. The highest BCUT2D eigenvalue weighted by Crippen LogP contribution is 2.17. The van der Waals surface area contributed by atoms with Crippen molar-refractivity contribution in [3.05, 3.63) is 63.6 Å². The van der Waals surface area contributed by atoms with E-state index in [2.05, 4.69) is 0 Å². The fourth-order valence-electron chi connectivity index (χ4n) is 2.73. The van der Waals surface area contributed by atoms with E-state index in [0.29, 0.717) is 18.7 Å². The summed E-state index contributed by atoms with van der Waals surface area (Å²) in [5.41, 5.74) is 6.70. The van der Waals surface area contributed by atoms with Crippen molar-refractivity contribution in [2.75, 3.05) is 6.54 Å². The second-order valence-corrected chi connectivity index (χ2v) is 6.24. The third kappa shape index (κ3) is 5.79. The van der Waals surface area contributed by atoms with Crippen molar-refractivity contribution in [3.8, 4) is 5.75 Å². The first-order valence-corrected chi connectivity index (χ1v) is 8.76. The quantitative estimate of drug-likeness (QED) is 0.645. The Labute approximate surface area is 157 Å². The summed E-state index contributed by atoms with van der Waals surface area (Å²) in [5, 5.41) is 10.2. The normalized spacial score (nSPS) is 10.6. The Morgan fingerprint density at radius 3 is 2.56 bits per heavy atom. The van der Waals surface area contributed by atoms with Crippen molar-refractivity contribution in [1.29, 1.82) is 0 Å². The molecule has 0 spiro atoms. The number of carbonyl (C=O) groups is 2. The smallest absolute Gasteiger partial charge is 0.306 e. The van der Waals surface area contributed by atoms with Gasteiger partial charge in [0.1, 0.15) is 18.1 Å². The minimum absolute atomic E-state index is 0.00987. The van der Waals surface area contributed by atoms with Gasteiger partial charge < -0.3 is 20.1 Å². The molecule has 0 aliphatic heterocycles. The second-order valence-electron chi connectivity index (χ2n) is 6.24. The van der Waals surface area contributed by atoms with Crippen LogP contribution in [0.15, 0.2) is 41.2 Å². The topological polar surface area (TPSA) is 112 Å². The van der Waals surface area contributed by atoms with Crippen LogP contribution in [0.1, 0.15) is 29.8 Å². The molecule has 144 valence electrons. The highest BCUT2D eigenvalue weighted by Gasteiger charge is 2.16. The molecule has 0 atom stereocenters. The number of pyridine rings is 1. The number of hydrogen-bond donors (Lipinski definition) is 2. The van der Waals surface area contributed by atoms with E-state index in [4.69, 9.17) is 10.5 Å². The maximum absolute atomic E-state index is 11.9. The molecule has 1 heterocycles. The van der Waals surface area contributed by atoms with Crippen molar-refractivity contribution < 1.29 is 19.4 Å². The Morgan fingerprint density at radius 2 is 1.89 bits per heavy atom. The fraction of sp³-hybridized carbons (Fsp3) is 0.350. The summed E-state index contributed by atoms with van der Waals surface area (Å²) in [6, 6.07) is 11.1. The molecule has 0 saturated carbocycles. The molecule has 7 nitrogen and oxygen atoms in total. The summed E-state index contributed by atoms with van der Waals surface area (Å²) < 4.78 is 6.92. The van der Waals surface area contributed by atoms with E-state index >= 15 is 0 Å². The highest BCUT2D eigenvalue weighted by molar-refractivity contribution is 5.84. The zero-order chi connectivity index (χ0) is 19.8. The van der Waals surface area contributed by atoms with Gasteiger partial charge in [0, 0.05) is 24.7 Å². The average Bonchev–Trinajstić information content (AvgIpc) is 2.67. The van der Waals surface area contributed by atoms with Gasteiger partial charge >= 0.3 is 5.97 Å². The summed E-state index contributed by atoms with van der Waals surface area (Å²) in [6.45, 7) is 1.91. The van der Waals surface area contributed by atoms with Gasteiger partial charge in [-0.15, -0.1) is 0 Å². The third-order valence-corrected chi connectivity index (χ3v) is 4.27. The van der Waals surface area contributed by atoms with E-state index < -0.39 is 17.1 Å². The molecule has 2 rings (SSSR count). The molecule has 1 aromatic carbocycles. The van der Waals surface area contributed by atoms with Crippen molar-refractivity contribution >= 4 is 11.8 Å². The van der Waals surface area contributed by atoms with Crippen LogP contribution in [0.4, 0.5) is 0 Å². The van der Waals surface area contributed by atoms with Crippen LogP contribution in [0.2, 0.25) is 0 Å². The zero-order valence-corrected chi connectivity index (χ0v) is 15.3. The van der Waals surface area contributed by atoms with Gasteiger partial charge in [0.25, 0.3) is 0 Å². The minimum Gasteiger partial charge on any atom is -0.503 e. The van der Waals surface area contributed by atoms with Crippen LogP contribution in [0.5, 0.6) is 5.75 Å². The Kier molecular flexibility index (Phi) is 7.31. The Balaban J connectivity index is 2.12. The van der Waals surface area contributed by atoms with Gasteiger partial charge in [0.15, 0.2) is 5.75 Å². The molecule has 0 amide bonds. The number of nitrogens with two attached hydrogens (primary N) is 1. The Morgan fingerprint density at radius 1 is 1.19 bits per heavy atom. The summed E-state index contributed by atoms with van der Waals surface area (Å²) in [6.07, 6.45) is 0.614. The molecule has 3 N–H and O–H groups in total. The molecular weight excluding hydrogens is 348 g/mol. The van der Waals surface area contributed by atoms with Crippen LogP contribution in [-0.4, -0.2) is 28.0 Å². The predicted molar refractivity (Wildman–Crippen MR) is 100 cm³/mol. The maximum Gasteiger partial charge on any atom is 0.306 e. The number of esters is 1. The number of aromatic hydroxyl groups is 1. The molecule has 2 aromatic rings. The molecule has 0 radical (unpaired) electrons. The largest absolute Gasteiger partial charge is 0.503 e. The van der Waals surface area contributed by atoms with E-state index in [1.54, 1.807) is 11.5 Å². The maximum atomic E-state index is 11.9. The third-order valence-electron chi connectivity index (χ3n) is 4.27. The summed E-state index contributed by atoms with van der Waals surface area (Å²) in [5.74, 6) is -1.25. The molecule has 0 fully saturated rings. The number of benzene rings is 1. The molecule has 0 aliphatic rings. The van der Waals surface area contributed by atoms with Crippen molar-refractivity contribution in [2.24, 2.45) is 5.73 Å². The van der Waals surface area contributed by atoms with Crippen LogP contribution in [0.3, 0.4) is 0 Å². The summed E-state index contributed by atoms with van der Waals surface area (Å²) in [4.78, 5) is 34.9. The van der Waals surface area contributed by atoms with Crippen molar-refractivity contribution in [1.82, 2.24) is 4.57 Å². The second kappa shape index (κ2) is 9.68. The standard InChI is InChI=1S/C20H24N2O5/c1-14-11-18(24)20(26)17(13-27-19(25)8-7-16(23)12-21)22(14)10-9-15-5-3-2-4-6-15/h2-6,11,26H,7-10,12-13,21H2,1H3. The molecule has 7 heteroatoms. The number of aromatic nitrogens is 1. The monoisotopic (exact) mass is 372 g/mol. The first-order chi connectivity index (χ1) is 12.9. The Bertz CT molecular complexity index is 859. The molecule has 1 aromatic heterocycles.